The smallest absolute Gasteiger partial charge is 0.305 e. The summed E-state index contributed by atoms with van der Waals surface area (Å²) in [4.78, 5) is 25.0. The van der Waals surface area contributed by atoms with E-state index in [-0.39, 0.29) is 17.8 Å². The lowest BCUT2D eigenvalue weighted by molar-refractivity contribution is -0.141. The molecule has 0 radical (unpaired) electrons. The fourth-order valence-electron chi connectivity index (χ4n) is 2.42. The molecule has 4 nitrogen and oxygen atoms in total. The normalized spacial score (nSPS) is 16.2. The summed E-state index contributed by atoms with van der Waals surface area (Å²) in [5, 5.41) is 0. The summed E-state index contributed by atoms with van der Waals surface area (Å²) in [6.45, 7) is 0.590. The fourth-order valence-corrected chi connectivity index (χ4v) is 2.42. The summed E-state index contributed by atoms with van der Waals surface area (Å²) in [5.74, 6) is -0.0854. The molecule has 1 amide bonds. The minimum Gasteiger partial charge on any atom is -0.469 e. The number of benzene rings is 1. The molecule has 0 heterocycles. The van der Waals surface area contributed by atoms with Crippen molar-refractivity contribution in [3.05, 3.63) is 35.4 Å². The molecular weight excluding hydrogens is 242 g/mol. The van der Waals surface area contributed by atoms with E-state index in [4.69, 9.17) is 0 Å². The molecule has 1 unspecified atom stereocenters. The predicted molar refractivity (Wildman–Crippen MR) is 71.8 cm³/mol. The number of carbonyl (C=O) groups is 2. The number of hydrogen-bond acceptors (Lipinski definition) is 3. The van der Waals surface area contributed by atoms with Gasteiger partial charge in [-0.3, -0.25) is 9.59 Å². The van der Waals surface area contributed by atoms with Gasteiger partial charge in [0.05, 0.1) is 13.0 Å². The van der Waals surface area contributed by atoms with Gasteiger partial charge in [0.15, 0.2) is 0 Å². The van der Waals surface area contributed by atoms with Crippen LogP contribution in [0.15, 0.2) is 24.3 Å². The lowest BCUT2D eigenvalue weighted by Gasteiger charge is -2.32. The Balaban J connectivity index is 1.83. The lowest BCUT2D eigenvalue weighted by atomic mass is 9.77. The molecule has 0 fully saturated rings. The summed E-state index contributed by atoms with van der Waals surface area (Å²) < 4.78 is 4.58. The molecule has 0 aliphatic heterocycles. The van der Waals surface area contributed by atoms with Gasteiger partial charge in [-0.1, -0.05) is 24.3 Å². The molecule has 0 N–H and O–H groups in total. The van der Waals surface area contributed by atoms with Crippen LogP contribution in [0.5, 0.6) is 0 Å². The number of hydrogen-bond donors (Lipinski definition) is 0. The van der Waals surface area contributed by atoms with Gasteiger partial charge < -0.3 is 9.64 Å². The molecule has 102 valence electrons. The molecule has 1 aromatic rings. The Morgan fingerprint density at radius 2 is 2.11 bits per heavy atom. The summed E-state index contributed by atoms with van der Waals surface area (Å²) in [7, 11) is 3.17. The van der Waals surface area contributed by atoms with Crippen molar-refractivity contribution >= 4 is 11.9 Å². The van der Waals surface area contributed by atoms with E-state index in [2.05, 4.69) is 10.8 Å². The maximum atomic E-state index is 12.2. The van der Waals surface area contributed by atoms with Gasteiger partial charge in [-0.25, -0.2) is 0 Å². The van der Waals surface area contributed by atoms with Crippen LogP contribution in [0.1, 0.15) is 29.9 Å². The second kappa shape index (κ2) is 5.87. The number of rotatable bonds is 5. The summed E-state index contributed by atoms with van der Waals surface area (Å²) in [6.07, 6.45) is 1.83. The van der Waals surface area contributed by atoms with Gasteiger partial charge in [0.25, 0.3) is 0 Å². The highest BCUT2D eigenvalue weighted by Crippen LogP contribution is 2.35. The van der Waals surface area contributed by atoms with Crippen LogP contribution >= 0.6 is 0 Å². The number of likely N-dealkylation sites (N-methyl/N-ethyl adjacent to an activating group) is 1. The van der Waals surface area contributed by atoms with E-state index in [1.54, 1.807) is 11.9 Å². The van der Waals surface area contributed by atoms with Crippen LogP contribution in [0.4, 0.5) is 0 Å². The number of nitrogens with zero attached hydrogens (tertiary/aromatic N) is 1. The minimum atomic E-state index is -0.227. The van der Waals surface area contributed by atoms with E-state index < -0.39 is 0 Å². The quantitative estimate of drug-likeness (QED) is 0.758. The molecule has 19 heavy (non-hydrogen) atoms. The Kier molecular flexibility index (Phi) is 4.20. The van der Waals surface area contributed by atoms with Crippen molar-refractivity contribution in [2.45, 2.75) is 25.2 Å². The first-order valence-corrected chi connectivity index (χ1v) is 6.53. The second-order valence-electron chi connectivity index (χ2n) is 4.90. The molecular formula is C15H19NO3. The van der Waals surface area contributed by atoms with E-state index in [9.17, 15) is 9.59 Å². The van der Waals surface area contributed by atoms with Crippen LogP contribution in [-0.2, 0) is 20.7 Å². The Hall–Kier alpha value is -1.84. The Labute approximate surface area is 113 Å². The maximum absolute atomic E-state index is 12.2. The van der Waals surface area contributed by atoms with Gasteiger partial charge in [0.1, 0.15) is 0 Å². The second-order valence-corrected chi connectivity index (χ2v) is 4.90. The van der Waals surface area contributed by atoms with Crippen molar-refractivity contribution in [3.63, 3.8) is 0 Å². The monoisotopic (exact) mass is 261 g/mol. The zero-order chi connectivity index (χ0) is 13.8. The average Bonchev–Trinajstić information content (AvgIpc) is 2.39. The summed E-state index contributed by atoms with van der Waals surface area (Å²) in [5.41, 5.74) is 2.41. The van der Waals surface area contributed by atoms with Crippen molar-refractivity contribution in [1.82, 2.24) is 4.90 Å². The number of ether oxygens (including phenoxy) is 1. The van der Waals surface area contributed by atoms with Gasteiger partial charge >= 0.3 is 5.97 Å². The lowest BCUT2D eigenvalue weighted by Crippen LogP contribution is -2.37. The van der Waals surface area contributed by atoms with Crippen LogP contribution in [0.3, 0.4) is 0 Å². The fraction of sp³-hybridized carbons (Fsp3) is 0.467. The standard InChI is InChI=1S/C15H19NO3/c1-16(9-5-8-14(17)19-2)15(18)13-10-11-6-3-4-7-12(11)13/h3-4,6-7,13H,5,8-10H2,1-2H3. The molecule has 4 heteroatoms. The summed E-state index contributed by atoms with van der Waals surface area (Å²) >= 11 is 0. The first-order chi connectivity index (χ1) is 9.13. The number of amides is 1. The largest absolute Gasteiger partial charge is 0.469 e. The Bertz CT molecular complexity index is 484. The van der Waals surface area contributed by atoms with E-state index in [0.717, 1.165) is 12.0 Å². The van der Waals surface area contributed by atoms with E-state index >= 15 is 0 Å². The maximum Gasteiger partial charge on any atom is 0.305 e. The SMILES string of the molecule is COC(=O)CCCN(C)C(=O)C1Cc2ccccc21. The van der Waals surface area contributed by atoms with Crippen LogP contribution in [0.25, 0.3) is 0 Å². The van der Waals surface area contributed by atoms with E-state index in [0.29, 0.717) is 19.4 Å². The van der Waals surface area contributed by atoms with Crippen LogP contribution in [0.2, 0.25) is 0 Å². The van der Waals surface area contributed by atoms with Crippen molar-refractivity contribution in [2.24, 2.45) is 0 Å². The van der Waals surface area contributed by atoms with Crippen molar-refractivity contribution in [1.29, 1.82) is 0 Å². The Morgan fingerprint density at radius 3 is 2.79 bits per heavy atom. The number of fused-ring (bicyclic) bond motifs is 1. The van der Waals surface area contributed by atoms with Crippen molar-refractivity contribution < 1.29 is 14.3 Å². The third-order valence-electron chi connectivity index (χ3n) is 3.63. The molecule has 1 atom stereocenters. The number of esters is 1. The highest BCUT2D eigenvalue weighted by molar-refractivity contribution is 5.86. The highest BCUT2D eigenvalue weighted by Gasteiger charge is 2.33. The van der Waals surface area contributed by atoms with Gasteiger partial charge in [-0.2, -0.15) is 0 Å². The molecule has 0 spiro atoms. The third-order valence-corrected chi connectivity index (χ3v) is 3.63. The summed E-state index contributed by atoms with van der Waals surface area (Å²) in [6, 6.07) is 8.05. The van der Waals surface area contributed by atoms with Crippen LogP contribution in [-0.4, -0.2) is 37.5 Å². The zero-order valence-electron chi connectivity index (χ0n) is 11.4. The van der Waals surface area contributed by atoms with E-state index in [1.165, 1.54) is 12.7 Å². The van der Waals surface area contributed by atoms with E-state index in [1.807, 2.05) is 18.2 Å². The molecule has 0 aromatic heterocycles. The molecule has 0 saturated heterocycles. The third kappa shape index (κ3) is 2.95. The number of methoxy groups -OCH3 is 1. The topological polar surface area (TPSA) is 46.6 Å². The minimum absolute atomic E-state index is 0.000623. The van der Waals surface area contributed by atoms with Gasteiger partial charge in [-0.05, 0) is 24.0 Å². The van der Waals surface area contributed by atoms with Gasteiger partial charge in [-0.15, -0.1) is 0 Å². The highest BCUT2D eigenvalue weighted by atomic mass is 16.5. The molecule has 2 rings (SSSR count). The van der Waals surface area contributed by atoms with Gasteiger partial charge in [0, 0.05) is 20.0 Å². The first-order valence-electron chi connectivity index (χ1n) is 6.53. The molecule has 1 aromatic carbocycles. The van der Waals surface area contributed by atoms with Crippen LogP contribution < -0.4 is 0 Å². The van der Waals surface area contributed by atoms with Gasteiger partial charge in [0.2, 0.25) is 5.91 Å². The first kappa shape index (κ1) is 13.6. The average molecular weight is 261 g/mol. The zero-order valence-corrected chi connectivity index (χ0v) is 11.4. The van der Waals surface area contributed by atoms with Crippen molar-refractivity contribution in [2.75, 3.05) is 20.7 Å². The Morgan fingerprint density at radius 1 is 1.37 bits per heavy atom. The van der Waals surface area contributed by atoms with Crippen LogP contribution in [0, 0.1) is 0 Å². The molecule has 1 aliphatic rings. The van der Waals surface area contributed by atoms with Crippen molar-refractivity contribution in [3.8, 4) is 0 Å². The number of carbonyl (C=O) groups excluding carboxylic acids is 2. The predicted octanol–water partition coefficient (Wildman–Crippen LogP) is 1.74. The molecule has 0 saturated carbocycles. The molecule has 1 aliphatic carbocycles. The molecule has 0 bridgehead atoms.